The molecule has 0 aliphatic heterocycles. The Labute approximate surface area is 140 Å². The molecular weight excluding hydrogens is 344 g/mol. The van der Waals surface area contributed by atoms with Gasteiger partial charge in [0.05, 0.1) is 5.83 Å². The van der Waals surface area contributed by atoms with Crippen molar-refractivity contribution in [2.45, 2.75) is 32.4 Å². The van der Waals surface area contributed by atoms with Gasteiger partial charge in [-0.2, -0.15) is 13.2 Å². The minimum absolute atomic E-state index is 0.101. The standard InChI is InChI=1S/C16H16F4N2OS/c1-3-4-11(7-10(2)17)8-12-9-21-14(24-12)22-13(23)15(5-6-15)16(18,19)20/h3-4,7,9H,1,5-6,8H2,2H3,(H,21,22,23)/b10-7+,11-4+. The summed E-state index contributed by atoms with van der Waals surface area (Å²) in [5.41, 5.74) is -1.64. The molecule has 1 aromatic rings. The summed E-state index contributed by atoms with van der Waals surface area (Å²) in [7, 11) is 0. The third-order valence-corrected chi connectivity index (χ3v) is 4.51. The van der Waals surface area contributed by atoms with Gasteiger partial charge in [0.2, 0.25) is 5.91 Å². The van der Waals surface area contributed by atoms with Gasteiger partial charge in [0.1, 0.15) is 5.41 Å². The highest BCUT2D eigenvalue weighted by Crippen LogP contribution is 2.58. The fraction of sp³-hybridized carbons (Fsp3) is 0.375. The number of carbonyl (C=O) groups excluding carboxylic acids is 1. The van der Waals surface area contributed by atoms with Gasteiger partial charge in [-0.15, -0.1) is 11.3 Å². The number of nitrogens with zero attached hydrogens (tertiary/aromatic N) is 1. The Bertz CT molecular complexity index is 695. The molecule has 2 rings (SSSR count). The second-order valence-corrected chi connectivity index (χ2v) is 6.67. The van der Waals surface area contributed by atoms with Crippen molar-refractivity contribution in [3.05, 3.63) is 47.3 Å². The molecule has 1 fully saturated rings. The Kier molecular flexibility index (Phi) is 5.27. The number of thiazole rings is 1. The molecule has 24 heavy (non-hydrogen) atoms. The summed E-state index contributed by atoms with van der Waals surface area (Å²) < 4.78 is 51.7. The van der Waals surface area contributed by atoms with Crippen LogP contribution >= 0.6 is 11.3 Å². The lowest BCUT2D eigenvalue weighted by Gasteiger charge is -2.17. The van der Waals surface area contributed by atoms with Gasteiger partial charge in [-0.1, -0.05) is 18.7 Å². The largest absolute Gasteiger partial charge is 0.403 e. The number of hydrogen-bond donors (Lipinski definition) is 1. The number of anilines is 1. The van der Waals surface area contributed by atoms with Gasteiger partial charge >= 0.3 is 6.18 Å². The molecule has 1 amide bonds. The van der Waals surface area contributed by atoms with Gasteiger partial charge < -0.3 is 5.32 Å². The van der Waals surface area contributed by atoms with Gasteiger partial charge in [0, 0.05) is 17.5 Å². The molecule has 1 aromatic heterocycles. The summed E-state index contributed by atoms with van der Waals surface area (Å²) >= 11 is 1.06. The van der Waals surface area contributed by atoms with Gasteiger partial charge in [0.15, 0.2) is 5.13 Å². The highest BCUT2D eigenvalue weighted by atomic mass is 32.1. The van der Waals surface area contributed by atoms with Crippen LogP contribution in [0.4, 0.5) is 22.7 Å². The zero-order valence-electron chi connectivity index (χ0n) is 12.9. The van der Waals surface area contributed by atoms with Crippen molar-refractivity contribution in [1.82, 2.24) is 4.98 Å². The van der Waals surface area contributed by atoms with Crippen LogP contribution in [0.2, 0.25) is 0 Å². The van der Waals surface area contributed by atoms with Gasteiger partial charge in [0.25, 0.3) is 0 Å². The van der Waals surface area contributed by atoms with E-state index in [0.29, 0.717) is 16.9 Å². The number of halogens is 4. The maximum atomic E-state index is 13.0. The molecule has 0 atom stereocenters. The fourth-order valence-electron chi connectivity index (χ4n) is 2.19. The SMILES string of the molecule is C=C/C=C(\C=C(/C)F)Cc1cnc(NC(=O)C2(C(F)(F)F)CC2)s1. The maximum Gasteiger partial charge on any atom is 0.403 e. The molecule has 0 saturated heterocycles. The van der Waals surface area contributed by atoms with Crippen LogP contribution in [0.3, 0.4) is 0 Å². The summed E-state index contributed by atoms with van der Waals surface area (Å²) in [6.07, 6.45) is 1.31. The van der Waals surface area contributed by atoms with E-state index in [4.69, 9.17) is 0 Å². The van der Waals surface area contributed by atoms with Crippen LogP contribution in [0.25, 0.3) is 0 Å². The number of allylic oxidation sites excluding steroid dienone is 5. The van der Waals surface area contributed by atoms with Crippen molar-refractivity contribution in [2.75, 3.05) is 5.32 Å². The Morgan fingerprint density at radius 2 is 2.17 bits per heavy atom. The summed E-state index contributed by atoms with van der Waals surface area (Å²) in [5.74, 6) is -1.45. The van der Waals surface area contributed by atoms with Crippen molar-refractivity contribution < 1.29 is 22.4 Å². The van der Waals surface area contributed by atoms with E-state index in [1.807, 2.05) is 0 Å². The fourth-order valence-corrected chi connectivity index (χ4v) is 3.04. The number of amides is 1. The lowest BCUT2D eigenvalue weighted by Crippen LogP contribution is -2.36. The molecule has 1 aliphatic rings. The second-order valence-electron chi connectivity index (χ2n) is 5.55. The van der Waals surface area contributed by atoms with Crippen molar-refractivity contribution in [3.63, 3.8) is 0 Å². The van der Waals surface area contributed by atoms with Crippen LogP contribution in [0, 0.1) is 5.41 Å². The van der Waals surface area contributed by atoms with Crippen LogP contribution in [-0.4, -0.2) is 17.1 Å². The number of alkyl halides is 3. The average Bonchev–Trinajstić information content (AvgIpc) is 3.17. The molecule has 1 N–H and O–H groups in total. The topological polar surface area (TPSA) is 42.0 Å². The van der Waals surface area contributed by atoms with Crippen LogP contribution in [0.5, 0.6) is 0 Å². The minimum Gasteiger partial charge on any atom is -0.301 e. The number of aromatic nitrogens is 1. The van der Waals surface area contributed by atoms with Crippen LogP contribution in [0.15, 0.2) is 42.4 Å². The normalized spacial score (nSPS) is 17.5. The first-order valence-corrected chi connectivity index (χ1v) is 7.98. The third-order valence-electron chi connectivity index (χ3n) is 3.60. The van der Waals surface area contributed by atoms with E-state index in [1.54, 1.807) is 6.08 Å². The summed E-state index contributed by atoms with van der Waals surface area (Å²) in [5, 5.41) is 2.34. The first kappa shape index (κ1) is 18.4. The quantitative estimate of drug-likeness (QED) is 0.576. The molecule has 0 bridgehead atoms. The van der Waals surface area contributed by atoms with E-state index in [-0.39, 0.29) is 23.8 Å². The van der Waals surface area contributed by atoms with E-state index in [9.17, 15) is 22.4 Å². The number of hydrogen-bond acceptors (Lipinski definition) is 3. The molecule has 130 valence electrons. The van der Waals surface area contributed by atoms with Gasteiger partial charge in [-0.05, 0) is 31.4 Å². The number of rotatable bonds is 6. The van der Waals surface area contributed by atoms with E-state index >= 15 is 0 Å². The van der Waals surface area contributed by atoms with Crippen molar-refractivity contribution in [3.8, 4) is 0 Å². The Hall–Kier alpha value is -1.96. The summed E-state index contributed by atoms with van der Waals surface area (Å²) in [4.78, 5) is 16.5. The Balaban J connectivity index is 2.06. The predicted octanol–water partition coefficient (Wildman–Crippen LogP) is 4.95. The van der Waals surface area contributed by atoms with Crippen molar-refractivity contribution >= 4 is 22.4 Å². The summed E-state index contributed by atoms with van der Waals surface area (Å²) in [6, 6.07) is 0. The lowest BCUT2D eigenvalue weighted by atomic mass is 10.1. The average molecular weight is 360 g/mol. The van der Waals surface area contributed by atoms with Crippen molar-refractivity contribution in [2.24, 2.45) is 5.41 Å². The smallest absolute Gasteiger partial charge is 0.301 e. The summed E-state index contributed by atoms with van der Waals surface area (Å²) in [6.45, 7) is 4.85. The van der Waals surface area contributed by atoms with E-state index < -0.39 is 17.5 Å². The van der Waals surface area contributed by atoms with Crippen LogP contribution in [0.1, 0.15) is 24.6 Å². The molecular formula is C16H16F4N2OS. The first-order valence-electron chi connectivity index (χ1n) is 7.16. The second kappa shape index (κ2) is 6.88. The Morgan fingerprint density at radius 3 is 2.67 bits per heavy atom. The maximum absolute atomic E-state index is 13.0. The molecule has 0 spiro atoms. The molecule has 0 unspecified atom stereocenters. The van der Waals surface area contributed by atoms with Gasteiger partial charge in [-0.25, -0.2) is 9.37 Å². The number of nitrogens with one attached hydrogen (secondary N) is 1. The molecule has 0 radical (unpaired) electrons. The molecule has 1 aliphatic carbocycles. The third kappa shape index (κ3) is 4.11. The number of carbonyl (C=O) groups is 1. The van der Waals surface area contributed by atoms with E-state index in [2.05, 4.69) is 16.9 Å². The van der Waals surface area contributed by atoms with Crippen molar-refractivity contribution in [1.29, 1.82) is 0 Å². The highest BCUT2D eigenvalue weighted by molar-refractivity contribution is 7.15. The van der Waals surface area contributed by atoms with E-state index in [1.165, 1.54) is 25.3 Å². The molecule has 1 heterocycles. The zero-order valence-corrected chi connectivity index (χ0v) is 13.7. The molecule has 3 nitrogen and oxygen atoms in total. The monoisotopic (exact) mass is 360 g/mol. The Morgan fingerprint density at radius 1 is 1.50 bits per heavy atom. The molecule has 8 heteroatoms. The highest BCUT2D eigenvalue weighted by Gasteiger charge is 2.68. The van der Waals surface area contributed by atoms with Gasteiger partial charge in [-0.3, -0.25) is 4.79 Å². The minimum atomic E-state index is -4.56. The van der Waals surface area contributed by atoms with Crippen LogP contribution < -0.4 is 5.32 Å². The lowest BCUT2D eigenvalue weighted by molar-refractivity contribution is -0.189. The molecule has 0 aromatic carbocycles. The molecule has 1 saturated carbocycles. The van der Waals surface area contributed by atoms with E-state index in [0.717, 1.165) is 11.3 Å². The first-order chi connectivity index (χ1) is 11.2. The predicted molar refractivity (Wildman–Crippen MR) is 85.3 cm³/mol. The van der Waals surface area contributed by atoms with Crippen LogP contribution in [-0.2, 0) is 11.2 Å². The zero-order chi connectivity index (χ0) is 18.0.